The molecule has 0 amide bonds. The van der Waals surface area contributed by atoms with Gasteiger partial charge >= 0.3 is 5.97 Å². The number of Topliss-reactive ketones (excluding diaryl/α,β-unsaturated/α-hetero) is 1. The molecule has 0 N–H and O–H groups in total. The van der Waals surface area contributed by atoms with Gasteiger partial charge in [0.15, 0.2) is 12.4 Å². The fourth-order valence-corrected chi connectivity index (χ4v) is 4.73. The van der Waals surface area contributed by atoms with Crippen molar-refractivity contribution < 1.29 is 22.7 Å². The van der Waals surface area contributed by atoms with E-state index in [-0.39, 0.29) is 21.3 Å². The molecule has 1 heterocycles. The summed E-state index contributed by atoms with van der Waals surface area (Å²) >= 11 is 6.07. The van der Waals surface area contributed by atoms with Gasteiger partial charge < -0.3 is 4.74 Å². The standard InChI is InChI=1S/C20H20ClNO5S/c21-18-10-9-16(28(25,26)22-11-5-2-6-12-22)13-17(18)20(24)27-14-19(23)15-7-3-1-4-8-15/h1,3-4,7-10,13H,2,5-6,11-12,14H2. The zero-order chi connectivity index (χ0) is 20.1. The van der Waals surface area contributed by atoms with Crippen LogP contribution in [0.3, 0.4) is 0 Å². The highest BCUT2D eigenvalue weighted by Gasteiger charge is 2.27. The first-order chi connectivity index (χ1) is 13.4. The minimum Gasteiger partial charge on any atom is -0.454 e. The molecule has 3 rings (SSSR count). The maximum atomic E-state index is 12.8. The molecular formula is C20H20ClNO5S. The number of carbonyl (C=O) groups is 2. The maximum Gasteiger partial charge on any atom is 0.340 e. The first-order valence-corrected chi connectivity index (χ1v) is 10.8. The molecule has 0 aliphatic carbocycles. The number of carbonyl (C=O) groups excluding carboxylic acids is 2. The van der Waals surface area contributed by atoms with E-state index in [2.05, 4.69) is 0 Å². The summed E-state index contributed by atoms with van der Waals surface area (Å²) in [6.07, 6.45) is 2.62. The van der Waals surface area contributed by atoms with E-state index >= 15 is 0 Å². The highest BCUT2D eigenvalue weighted by Crippen LogP contribution is 2.25. The van der Waals surface area contributed by atoms with E-state index in [1.54, 1.807) is 30.3 Å². The van der Waals surface area contributed by atoms with Crippen molar-refractivity contribution in [3.05, 3.63) is 64.7 Å². The summed E-state index contributed by atoms with van der Waals surface area (Å²) in [5.41, 5.74) is 0.337. The number of hydrogen-bond acceptors (Lipinski definition) is 5. The number of ketones is 1. The monoisotopic (exact) mass is 421 g/mol. The molecule has 8 heteroatoms. The third-order valence-electron chi connectivity index (χ3n) is 4.54. The lowest BCUT2D eigenvalue weighted by Gasteiger charge is -2.26. The summed E-state index contributed by atoms with van der Waals surface area (Å²) in [5.74, 6) is -1.20. The summed E-state index contributed by atoms with van der Waals surface area (Å²) in [5, 5.41) is 0.0646. The van der Waals surface area contributed by atoms with Gasteiger partial charge in [-0.15, -0.1) is 0 Å². The maximum absolute atomic E-state index is 12.8. The fourth-order valence-electron chi connectivity index (χ4n) is 2.99. The van der Waals surface area contributed by atoms with Gasteiger partial charge in [-0.25, -0.2) is 13.2 Å². The molecule has 2 aromatic carbocycles. The van der Waals surface area contributed by atoms with Crippen molar-refractivity contribution in [2.24, 2.45) is 0 Å². The molecule has 28 heavy (non-hydrogen) atoms. The van der Waals surface area contributed by atoms with Gasteiger partial charge in [-0.3, -0.25) is 4.79 Å². The summed E-state index contributed by atoms with van der Waals surface area (Å²) in [7, 11) is -3.71. The van der Waals surface area contributed by atoms with Crippen LogP contribution in [0.1, 0.15) is 40.0 Å². The Labute approximate surface area is 169 Å². The number of nitrogens with zero attached hydrogens (tertiary/aromatic N) is 1. The Morgan fingerprint density at radius 2 is 1.68 bits per heavy atom. The Balaban J connectivity index is 1.75. The van der Waals surface area contributed by atoms with Crippen molar-refractivity contribution >= 4 is 33.4 Å². The van der Waals surface area contributed by atoms with Gasteiger partial charge in [0.05, 0.1) is 15.5 Å². The van der Waals surface area contributed by atoms with Crippen molar-refractivity contribution in [2.75, 3.05) is 19.7 Å². The van der Waals surface area contributed by atoms with Gasteiger partial charge in [0.1, 0.15) is 0 Å². The van der Waals surface area contributed by atoms with Gasteiger partial charge in [0.25, 0.3) is 0 Å². The van der Waals surface area contributed by atoms with E-state index in [9.17, 15) is 18.0 Å². The third kappa shape index (κ3) is 4.60. The van der Waals surface area contributed by atoms with Gasteiger partial charge in [-0.05, 0) is 31.0 Å². The molecule has 0 unspecified atom stereocenters. The third-order valence-corrected chi connectivity index (χ3v) is 6.76. The van der Waals surface area contributed by atoms with Crippen molar-refractivity contribution in [2.45, 2.75) is 24.2 Å². The largest absolute Gasteiger partial charge is 0.454 e. The highest BCUT2D eigenvalue weighted by molar-refractivity contribution is 7.89. The second-order valence-electron chi connectivity index (χ2n) is 6.47. The van der Waals surface area contributed by atoms with Crippen LogP contribution in [0.4, 0.5) is 0 Å². The summed E-state index contributed by atoms with van der Waals surface area (Å²) in [6.45, 7) is 0.453. The normalized spacial score (nSPS) is 15.2. The number of hydrogen-bond donors (Lipinski definition) is 0. The van der Waals surface area contributed by atoms with Crippen molar-refractivity contribution in [3.8, 4) is 0 Å². The van der Waals surface area contributed by atoms with E-state index in [1.165, 1.54) is 22.5 Å². The van der Waals surface area contributed by atoms with Gasteiger partial charge in [0, 0.05) is 18.7 Å². The smallest absolute Gasteiger partial charge is 0.340 e. The molecule has 1 saturated heterocycles. The second kappa shape index (κ2) is 8.86. The fraction of sp³-hybridized carbons (Fsp3) is 0.300. The minimum absolute atomic E-state index is 0.0138. The van der Waals surface area contributed by atoms with Crippen LogP contribution in [0.5, 0.6) is 0 Å². The van der Waals surface area contributed by atoms with Crippen LogP contribution >= 0.6 is 11.6 Å². The van der Waals surface area contributed by atoms with E-state index in [0.717, 1.165) is 19.3 Å². The molecule has 0 atom stereocenters. The molecular weight excluding hydrogens is 402 g/mol. The average Bonchev–Trinajstić information content (AvgIpc) is 2.73. The second-order valence-corrected chi connectivity index (χ2v) is 8.82. The lowest BCUT2D eigenvalue weighted by molar-refractivity contribution is 0.0474. The Morgan fingerprint density at radius 1 is 1.00 bits per heavy atom. The molecule has 1 fully saturated rings. The van der Waals surface area contributed by atoms with Gasteiger partial charge in [-0.2, -0.15) is 4.31 Å². The van der Waals surface area contributed by atoms with Crippen LogP contribution in [0, 0.1) is 0 Å². The zero-order valence-corrected chi connectivity index (χ0v) is 16.7. The van der Waals surface area contributed by atoms with E-state index in [0.29, 0.717) is 18.7 Å². The zero-order valence-electron chi connectivity index (χ0n) is 15.1. The number of esters is 1. The molecule has 6 nitrogen and oxygen atoms in total. The predicted octanol–water partition coefficient (Wildman–Crippen LogP) is 3.55. The first-order valence-electron chi connectivity index (χ1n) is 8.94. The van der Waals surface area contributed by atoms with Crippen LogP contribution < -0.4 is 0 Å². The number of rotatable bonds is 6. The van der Waals surface area contributed by atoms with Crippen molar-refractivity contribution in [1.29, 1.82) is 0 Å². The predicted molar refractivity (Wildman–Crippen MR) is 105 cm³/mol. The summed E-state index contributed by atoms with van der Waals surface area (Å²) < 4.78 is 32.1. The van der Waals surface area contributed by atoms with Crippen LogP contribution in [0.15, 0.2) is 53.4 Å². The lowest BCUT2D eigenvalue weighted by atomic mass is 10.1. The molecule has 0 spiro atoms. The molecule has 148 valence electrons. The molecule has 2 aromatic rings. The first kappa shape index (κ1) is 20.5. The topological polar surface area (TPSA) is 80.8 Å². The van der Waals surface area contributed by atoms with Crippen LogP contribution in [-0.4, -0.2) is 44.2 Å². The molecule has 0 aromatic heterocycles. The van der Waals surface area contributed by atoms with Crippen molar-refractivity contribution in [1.82, 2.24) is 4.31 Å². The summed E-state index contributed by atoms with van der Waals surface area (Å²) in [6, 6.07) is 12.4. The molecule has 0 radical (unpaired) electrons. The Kier molecular flexibility index (Phi) is 6.49. The molecule has 0 bridgehead atoms. The Bertz CT molecular complexity index is 969. The van der Waals surface area contributed by atoms with Gasteiger partial charge in [-0.1, -0.05) is 48.4 Å². The number of sulfonamides is 1. The van der Waals surface area contributed by atoms with Crippen LogP contribution in [0.2, 0.25) is 5.02 Å². The SMILES string of the molecule is O=C(COC(=O)c1cc(S(=O)(=O)N2CCCCC2)ccc1Cl)c1ccccc1. The number of piperidine rings is 1. The lowest BCUT2D eigenvalue weighted by Crippen LogP contribution is -2.35. The Morgan fingerprint density at radius 3 is 2.36 bits per heavy atom. The molecule has 0 saturated carbocycles. The number of benzene rings is 2. The average molecular weight is 422 g/mol. The number of ether oxygens (including phenoxy) is 1. The van der Waals surface area contributed by atoms with Crippen LogP contribution in [0.25, 0.3) is 0 Å². The van der Waals surface area contributed by atoms with Gasteiger partial charge in [0.2, 0.25) is 10.0 Å². The van der Waals surface area contributed by atoms with E-state index < -0.39 is 22.6 Å². The molecule has 1 aliphatic rings. The Hall–Kier alpha value is -2.22. The minimum atomic E-state index is -3.71. The van der Waals surface area contributed by atoms with Crippen LogP contribution in [-0.2, 0) is 14.8 Å². The summed E-state index contributed by atoms with van der Waals surface area (Å²) in [4.78, 5) is 24.5. The highest BCUT2D eigenvalue weighted by atomic mass is 35.5. The van der Waals surface area contributed by atoms with Crippen molar-refractivity contribution in [3.63, 3.8) is 0 Å². The quantitative estimate of drug-likeness (QED) is 0.526. The number of halogens is 1. The molecule has 1 aliphatic heterocycles. The van der Waals surface area contributed by atoms with E-state index in [4.69, 9.17) is 16.3 Å². The van der Waals surface area contributed by atoms with E-state index in [1.807, 2.05) is 0 Å².